The van der Waals surface area contributed by atoms with E-state index < -0.39 is 54.5 Å². The summed E-state index contributed by atoms with van der Waals surface area (Å²) in [5.74, 6) is -2.87. The van der Waals surface area contributed by atoms with Crippen LogP contribution in [0.25, 0.3) is 11.2 Å². The van der Waals surface area contributed by atoms with Gasteiger partial charge < -0.3 is 23.7 Å². The quantitative estimate of drug-likeness (QED) is 0.234. The van der Waals surface area contributed by atoms with Gasteiger partial charge in [-0.2, -0.15) is 4.98 Å². The first-order valence-corrected chi connectivity index (χ1v) is 10.6. The van der Waals surface area contributed by atoms with Crippen LogP contribution < -0.4 is 0 Å². The molecule has 1 fully saturated rings. The SMILES string of the molecule is CC(=O)OCC1OC(n2cnc3c(Cl)nc(Cl)nc32)C(OC(C)=O)C(OC(C)=O)C1OC(C)=O. The van der Waals surface area contributed by atoms with Crippen molar-refractivity contribution in [3.05, 3.63) is 16.8 Å². The molecule has 1 saturated heterocycles. The summed E-state index contributed by atoms with van der Waals surface area (Å²) < 4.78 is 28.6. The fraction of sp³-hybridized carbons (Fsp3) is 0.526. The van der Waals surface area contributed by atoms with Crippen molar-refractivity contribution in [3.63, 3.8) is 0 Å². The summed E-state index contributed by atoms with van der Waals surface area (Å²) >= 11 is 12.1. The fourth-order valence-corrected chi connectivity index (χ4v) is 3.89. The molecule has 0 bridgehead atoms. The summed E-state index contributed by atoms with van der Waals surface area (Å²) in [5.41, 5.74) is 0.282. The molecule has 5 unspecified atom stereocenters. The smallest absolute Gasteiger partial charge is 0.303 e. The van der Waals surface area contributed by atoms with E-state index in [1.165, 1.54) is 17.8 Å². The minimum absolute atomic E-state index is 0.0422. The van der Waals surface area contributed by atoms with Crippen LogP contribution in [0.4, 0.5) is 0 Å². The van der Waals surface area contributed by atoms with Crippen LogP contribution in [0.2, 0.25) is 10.4 Å². The molecule has 3 rings (SSSR count). The number of hydrogen-bond acceptors (Lipinski definition) is 12. The van der Waals surface area contributed by atoms with Gasteiger partial charge in [0.25, 0.3) is 0 Å². The first-order chi connectivity index (χ1) is 16.0. The number of ether oxygens (including phenoxy) is 5. The molecular weight excluding hydrogens is 499 g/mol. The van der Waals surface area contributed by atoms with Crippen LogP contribution in [0.15, 0.2) is 6.33 Å². The van der Waals surface area contributed by atoms with Gasteiger partial charge in [-0.15, -0.1) is 0 Å². The number of hydrogen-bond donors (Lipinski definition) is 0. The molecule has 13 nitrogen and oxygen atoms in total. The summed E-state index contributed by atoms with van der Waals surface area (Å²) in [6.07, 6.45) is -5.09. The van der Waals surface area contributed by atoms with E-state index in [1.807, 2.05) is 0 Å². The Kier molecular flexibility index (Phi) is 7.89. The normalized spacial score (nSPS) is 24.4. The Bertz CT molecular complexity index is 1120. The maximum atomic E-state index is 12.0. The number of carbonyl (C=O) groups is 4. The number of halogens is 2. The third-order valence-corrected chi connectivity index (χ3v) is 5.02. The van der Waals surface area contributed by atoms with Crippen molar-refractivity contribution < 1.29 is 42.9 Å². The average molecular weight is 519 g/mol. The Morgan fingerprint density at radius 1 is 0.912 bits per heavy atom. The van der Waals surface area contributed by atoms with E-state index in [2.05, 4.69) is 15.0 Å². The molecule has 0 radical (unpaired) electrons. The highest BCUT2D eigenvalue weighted by Crippen LogP contribution is 2.36. The van der Waals surface area contributed by atoms with Crippen LogP contribution in [-0.2, 0) is 42.9 Å². The van der Waals surface area contributed by atoms with Gasteiger partial charge in [-0.1, -0.05) is 11.6 Å². The highest BCUT2D eigenvalue weighted by molar-refractivity contribution is 6.35. The van der Waals surface area contributed by atoms with E-state index in [1.54, 1.807) is 0 Å². The summed E-state index contributed by atoms with van der Waals surface area (Å²) in [6, 6.07) is 0. The number of fused-ring (bicyclic) bond motifs is 1. The van der Waals surface area contributed by atoms with Gasteiger partial charge in [-0.3, -0.25) is 23.7 Å². The summed E-state index contributed by atoms with van der Waals surface area (Å²) in [6.45, 7) is 4.19. The van der Waals surface area contributed by atoms with Crippen LogP contribution in [0, 0.1) is 0 Å². The average Bonchev–Trinajstić information content (AvgIpc) is 3.12. The van der Waals surface area contributed by atoms with Crippen LogP contribution in [-0.4, -0.2) is 74.4 Å². The lowest BCUT2D eigenvalue weighted by Gasteiger charge is -2.44. The number of carbonyl (C=O) groups excluding carboxylic acids is 4. The zero-order valence-corrected chi connectivity index (χ0v) is 19.9. The van der Waals surface area contributed by atoms with Gasteiger partial charge in [0, 0.05) is 27.7 Å². The van der Waals surface area contributed by atoms with Crippen molar-refractivity contribution in [1.82, 2.24) is 19.5 Å². The minimum atomic E-state index is -1.35. The van der Waals surface area contributed by atoms with Crippen molar-refractivity contribution >= 4 is 58.2 Å². The predicted octanol–water partition coefficient (Wildman–Crippen LogP) is 1.39. The lowest BCUT2D eigenvalue weighted by Crippen LogP contribution is -2.60. The van der Waals surface area contributed by atoms with Crippen LogP contribution in [0.3, 0.4) is 0 Å². The van der Waals surface area contributed by atoms with E-state index in [9.17, 15) is 19.2 Å². The Morgan fingerprint density at radius 3 is 2.09 bits per heavy atom. The van der Waals surface area contributed by atoms with Gasteiger partial charge >= 0.3 is 23.9 Å². The van der Waals surface area contributed by atoms with E-state index in [0.29, 0.717) is 0 Å². The first kappa shape index (κ1) is 25.6. The summed E-state index contributed by atoms with van der Waals surface area (Å²) in [5, 5.41) is -0.232. The zero-order chi connectivity index (χ0) is 25.2. The lowest BCUT2D eigenvalue weighted by atomic mass is 9.97. The molecule has 0 saturated carbocycles. The molecule has 2 aromatic rings. The topological polar surface area (TPSA) is 158 Å². The maximum Gasteiger partial charge on any atom is 0.303 e. The number of imidazole rings is 1. The molecule has 1 aliphatic heterocycles. The highest BCUT2D eigenvalue weighted by atomic mass is 35.5. The van der Waals surface area contributed by atoms with Crippen LogP contribution >= 0.6 is 23.2 Å². The van der Waals surface area contributed by atoms with Gasteiger partial charge in [0.05, 0.1) is 6.33 Å². The molecule has 0 aromatic carbocycles. The van der Waals surface area contributed by atoms with Crippen molar-refractivity contribution in [3.8, 4) is 0 Å². The molecule has 1 aliphatic rings. The van der Waals surface area contributed by atoms with Crippen LogP contribution in [0.5, 0.6) is 0 Å². The van der Waals surface area contributed by atoms with Crippen molar-refractivity contribution in [2.45, 2.75) is 58.3 Å². The van der Waals surface area contributed by atoms with E-state index >= 15 is 0 Å². The molecule has 0 N–H and O–H groups in total. The van der Waals surface area contributed by atoms with E-state index in [4.69, 9.17) is 46.9 Å². The van der Waals surface area contributed by atoms with Crippen molar-refractivity contribution in [1.29, 1.82) is 0 Å². The molecule has 5 atom stereocenters. The second-order valence-corrected chi connectivity index (χ2v) is 7.89. The van der Waals surface area contributed by atoms with E-state index in [-0.39, 0.29) is 28.2 Å². The predicted molar refractivity (Wildman–Crippen MR) is 113 cm³/mol. The molecule has 2 aromatic heterocycles. The lowest BCUT2D eigenvalue weighted by molar-refractivity contribution is -0.267. The van der Waals surface area contributed by atoms with E-state index in [0.717, 1.165) is 20.8 Å². The molecule has 34 heavy (non-hydrogen) atoms. The Morgan fingerprint density at radius 2 is 1.50 bits per heavy atom. The second-order valence-electron chi connectivity index (χ2n) is 7.20. The molecule has 15 heteroatoms. The molecule has 0 amide bonds. The Hall–Kier alpha value is -3.03. The van der Waals surface area contributed by atoms with Gasteiger partial charge in [0.15, 0.2) is 35.3 Å². The number of rotatable bonds is 6. The third kappa shape index (κ3) is 5.72. The molecule has 184 valence electrons. The Balaban J connectivity index is 2.16. The largest absolute Gasteiger partial charge is 0.463 e. The van der Waals surface area contributed by atoms with Gasteiger partial charge in [0.1, 0.15) is 18.2 Å². The summed E-state index contributed by atoms with van der Waals surface area (Å²) in [7, 11) is 0. The number of esters is 4. The highest BCUT2D eigenvalue weighted by Gasteiger charge is 2.53. The maximum absolute atomic E-state index is 12.0. The molecular formula is C19H20Cl2N4O9. The molecule has 0 aliphatic carbocycles. The Labute approximate surface area is 202 Å². The zero-order valence-electron chi connectivity index (χ0n) is 18.4. The fourth-order valence-electron chi connectivity index (χ4n) is 3.47. The van der Waals surface area contributed by atoms with Crippen molar-refractivity contribution in [2.75, 3.05) is 6.61 Å². The van der Waals surface area contributed by atoms with Crippen molar-refractivity contribution in [2.24, 2.45) is 0 Å². The second kappa shape index (κ2) is 10.5. The summed E-state index contributed by atoms with van der Waals surface area (Å²) in [4.78, 5) is 59.3. The number of nitrogens with zero attached hydrogens (tertiary/aromatic N) is 4. The third-order valence-electron chi connectivity index (χ3n) is 4.59. The van der Waals surface area contributed by atoms with Gasteiger partial charge in [-0.25, -0.2) is 9.97 Å². The minimum Gasteiger partial charge on any atom is -0.463 e. The number of aromatic nitrogens is 4. The van der Waals surface area contributed by atoms with Gasteiger partial charge in [0.2, 0.25) is 5.28 Å². The standard InChI is InChI=1S/C19H20Cl2N4O9/c1-7(26)30-5-11-13(31-8(2)27)14(32-9(3)28)15(33-10(4)29)18(34-11)25-6-22-12-16(20)23-19(21)24-17(12)25/h6,11,13-15,18H,5H2,1-4H3. The molecule has 3 heterocycles. The monoisotopic (exact) mass is 518 g/mol. The first-order valence-electron chi connectivity index (χ1n) is 9.84. The van der Waals surface area contributed by atoms with Crippen LogP contribution in [0.1, 0.15) is 33.9 Å². The van der Waals surface area contributed by atoms with Gasteiger partial charge in [-0.05, 0) is 11.6 Å². The molecule has 0 spiro atoms.